The third-order valence-electron chi connectivity index (χ3n) is 2.78. The van der Waals surface area contributed by atoms with E-state index >= 15 is 0 Å². The van der Waals surface area contributed by atoms with Crippen molar-refractivity contribution in [2.24, 2.45) is 11.7 Å². The van der Waals surface area contributed by atoms with E-state index in [4.69, 9.17) is 10.5 Å². The summed E-state index contributed by atoms with van der Waals surface area (Å²) >= 11 is 0. The van der Waals surface area contributed by atoms with Crippen LogP contribution in [-0.4, -0.2) is 17.6 Å². The number of pyridine rings is 1. The normalized spacial score (nSPS) is 22.9. The van der Waals surface area contributed by atoms with Crippen molar-refractivity contribution in [3.05, 3.63) is 24.0 Å². The van der Waals surface area contributed by atoms with E-state index in [-0.39, 0.29) is 18.4 Å². The SMILES string of the molecule is Cl.NC1CC(COc2ccc(C(F)(F)F)nc2)C1. The summed E-state index contributed by atoms with van der Waals surface area (Å²) in [4.78, 5) is 3.31. The van der Waals surface area contributed by atoms with Crippen LogP contribution in [0.1, 0.15) is 18.5 Å². The molecule has 7 heteroatoms. The van der Waals surface area contributed by atoms with Gasteiger partial charge in [-0.3, -0.25) is 0 Å². The number of rotatable bonds is 3. The summed E-state index contributed by atoms with van der Waals surface area (Å²) in [5.74, 6) is 0.769. The summed E-state index contributed by atoms with van der Waals surface area (Å²) in [6.45, 7) is 0.487. The number of nitrogens with two attached hydrogens (primary N) is 1. The van der Waals surface area contributed by atoms with E-state index < -0.39 is 11.9 Å². The van der Waals surface area contributed by atoms with E-state index in [1.165, 1.54) is 6.07 Å². The third-order valence-corrected chi connectivity index (χ3v) is 2.78. The number of alkyl halides is 3. The van der Waals surface area contributed by atoms with Crippen molar-refractivity contribution in [1.82, 2.24) is 4.98 Å². The van der Waals surface area contributed by atoms with Gasteiger partial charge in [-0.2, -0.15) is 13.2 Å². The molecule has 3 nitrogen and oxygen atoms in total. The van der Waals surface area contributed by atoms with Crippen molar-refractivity contribution in [3.63, 3.8) is 0 Å². The average molecular weight is 283 g/mol. The Balaban J connectivity index is 0.00000162. The highest BCUT2D eigenvalue weighted by Gasteiger charge is 2.32. The summed E-state index contributed by atoms with van der Waals surface area (Å²) in [6, 6.07) is 2.45. The van der Waals surface area contributed by atoms with Gasteiger partial charge >= 0.3 is 6.18 Å². The molecule has 0 aliphatic heterocycles. The molecule has 2 rings (SSSR count). The van der Waals surface area contributed by atoms with E-state index in [0.29, 0.717) is 18.3 Å². The van der Waals surface area contributed by atoms with Crippen LogP contribution in [0, 0.1) is 5.92 Å². The molecular formula is C11H14ClF3N2O. The van der Waals surface area contributed by atoms with Gasteiger partial charge in [-0.15, -0.1) is 12.4 Å². The van der Waals surface area contributed by atoms with E-state index in [1.807, 2.05) is 0 Å². The lowest BCUT2D eigenvalue weighted by atomic mass is 9.82. The first-order valence-corrected chi connectivity index (χ1v) is 5.37. The van der Waals surface area contributed by atoms with Gasteiger partial charge in [-0.1, -0.05) is 0 Å². The molecule has 0 amide bonds. The zero-order valence-electron chi connectivity index (χ0n) is 9.48. The number of ether oxygens (including phenoxy) is 1. The van der Waals surface area contributed by atoms with Crippen LogP contribution >= 0.6 is 12.4 Å². The van der Waals surface area contributed by atoms with Crippen LogP contribution in [0.3, 0.4) is 0 Å². The van der Waals surface area contributed by atoms with Crippen LogP contribution in [0.5, 0.6) is 5.75 Å². The largest absolute Gasteiger partial charge is 0.492 e. The molecule has 0 atom stereocenters. The van der Waals surface area contributed by atoms with E-state index in [2.05, 4.69) is 4.98 Å². The predicted molar refractivity (Wildman–Crippen MR) is 62.7 cm³/mol. The molecule has 1 aliphatic rings. The quantitative estimate of drug-likeness (QED) is 0.927. The standard InChI is InChI=1S/C11H13F3N2O.ClH/c12-11(13,14)10-2-1-9(5-16-10)17-6-7-3-8(15)4-7;/h1-2,5,7-8H,3-4,6,15H2;1H. The molecule has 1 aliphatic carbocycles. The second-order valence-electron chi connectivity index (χ2n) is 4.29. The first-order valence-electron chi connectivity index (χ1n) is 5.37. The second kappa shape index (κ2) is 5.75. The van der Waals surface area contributed by atoms with E-state index in [0.717, 1.165) is 25.1 Å². The molecule has 2 N–H and O–H groups in total. The van der Waals surface area contributed by atoms with Gasteiger partial charge in [-0.25, -0.2) is 4.98 Å². The molecule has 0 bridgehead atoms. The lowest BCUT2D eigenvalue weighted by Gasteiger charge is -2.31. The highest BCUT2D eigenvalue weighted by molar-refractivity contribution is 5.85. The predicted octanol–water partition coefficient (Wildman–Crippen LogP) is 2.64. The summed E-state index contributed by atoms with van der Waals surface area (Å²) in [6.07, 6.45) is -1.48. The molecule has 18 heavy (non-hydrogen) atoms. The maximum atomic E-state index is 12.2. The summed E-state index contributed by atoms with van der Waals surface area (Å²) in [5.41, 5.74) is 4.71. The fraction of sp³-hybridized carbons (Fsp3) is 0.545. The van der Waals surface area contributed by atoms with Crippen LogP contribution in [0.25, 0.3) is 0 Å². The smallest absolute Gasteiger partial charge is 0.433 e. The van der Waals surface area contributed by atoms with Crippen molar-refractivity contribution in [2.45, 2.75) is 25.1 Å². The Morgan fingerprint density at radius 2 is 2.00 bits per heavy atom. The molecular weight excluding hydrogens is 269 g/mol. The Labute approximate surface area is 109 Å². The first-order chi connectivity index (χ1) is 7.95. The maximum Gasteiger partial charge on any atom is 0.433 e. The van der Waals surface area contributed by atoms with Crippen LogP contribution in [0.15, 0.2) is 18.3 Å². The second-order valence-corrected chi connectivity index (χ2v) is 4.29. The average Bonchev–Trinajstić information content (AvgIpc) is 2.22. The lowest BCUT2D eigenvalue weighted by Crippen LogP contribution is -2.39. The molecule has 1 fully saturated rings. The number of nitrogens with zero attached hydrogens (tertiary/aromatic N) is 1. The van der Waals surface area contributed by atoms with Gasteiger partial charge in [0.25, 0.3) is 0 Å². The van der Waals surface area contributed by atoms with Crippen LogP contribution < -0.4 is 10.5 Å². The molecule has 0 unspecified atom stereocenters. The molecule has 102 valence electrons. The fourth-order valence-corrected chi connectivity index (χ4v) is 1.77. The minimum absolute atomic E-state index is 0. The lowest BCUT2D eigenvalue weighted by molar-refractivity contribution is -0.141. The van der Waals surface area contributed by atoms with Gasteiger partial charge in [0.15, 0.2) is 0 Å². The summed E-state index contributed by atoms with van der Waals surface area (Å²) in [5, 5.41) is 0. The highest BCUT2D eigenvalue weighted by Crippen LogP contribution is 2.29. The zero-order chi connectivity index (χ0) is 12.5. The first kappa shape index (κ1) is 15.0. The molecule has 1 heterocycles. The Kier molecular flexibility index (Phi) is 4.81. The van der Waals surface area contributed by atoms with Gasteiger partial charge < -0.3 is 10.5 Å². The topological polar surface area (TPSA) is 48.1 Å². The molecule has 0 spiro atoms. The number of aromatic nitrogens is 1. The van der Waals surface area contributed by atoms with Gasteiger partial charge in [0.2, 0.25) is 0 Å². The fourth-order valence-electron chi connectivity index (χ4n) is 1.77. The van der Waals surface area contributed by atoms with E-state index in [9.17, 15) is 13.2 Å². The molecule has 1 saturated carbocycles. The third kappa shape index (κ3) is 3.74. The van der Waals surface area contributed by atoms with Crippen molar-refractivity contribution in [1.29, 1.82) is 0 Å². The Morgan fingerprint density at radius 1 is 1.33 bits per heavy atom. The monoisotopic (exact) mass is 282 g/mol. The summed E-state index contributed by atoms with van der Waals surface area (Å²) < 4.78 is 42.0. The molecule has 0 radical (unpaired) electrons. The van der Waals surface area contributed by atoms with E-state index in [1.54, 1.807) is 0 Å². The van der Waals surface area contributed by atoms with Crippen molar-refractivity contribution in [3.8, 4) is 5.75 Å². The minimum atomic E-state index is -4.40. The number of hydrogen-bond acceptors (Lipinski definition) is 3. The summed E-state index contributed by atoms with van der Waals surface area (Å²) in [7, 11) is 0. The maximum absolute atomic E-state index is 12.2. The number of halogens is 4. The minimum Gasteiger partial charge on any atom is -0.492 e. The van der Waals surface area contributed by atoms with Gasteiger partial charge in [0.1, 0.15) is 11.4 Å². The zero-order valence-corrected chi connectivity index (χ0v) is 10.3. The molecule has 0 aromatic carbocycles. The Hall–Kier alpha value is -1.01. The number of hydrogen-bond donors (Lipinski definition) is 1. The van der Waals surface area contributed by atoms with Gasteiger partial charge in [0.05, 0.1) is 12.8 Å². The van der Waals surface area contributed by atoms with Crippen molar-refractivity contribution >= 4 is 12.4 Å². The molecule has 0 saturated heterocycles. The van der Waals surface area contributed by atoms with Crippen molar-refractivity contribution < 1.29 is 17.9 Å². The Morgan fingerprint density at radius 3 is 2.44 bits per heavy atom. The van der Waals surface area contributed by atoms with Crippen LogP contribution in [0.2, 0.25) is 0 Å². The highest BCUT2D eigenvalue weighted by atomic mass is 35.5. The molecule has 1 aromatic rings. The van der Waals surface area contributed by atoms with Crippen LogP contribution in [0.4, 0.5) is 13.2 Å². The van der Waals surface area contributed by atoms with Crippen LogP contribution in [-0.2, 0) is 6.18 Å². The Bertz CT molecular complexity index is 377. The molecule has 1 aromatic heterocycles. The van der Waals surface area contributed by atoms with Crippen molar-refractivity contribution in [2.75, 3.05) is 6.61 Å². The van der Waals surface area contributed by atoms with Gasteiger partial charge in [-0.05, 0) is 30.9 Å². The van der Waals surface area contributed by atoms with Gasteiger partial charge in [0, 0.05) is 6.04 Å².